The van der Waals surface area contributed by atoms with E-state index in [1.54, 1.807) is 6.20 Å². The van der Waals surface area contributed by atoms with Crippen molar-refractivity contribution < 1.29 is 4.74 Å². The third-order valence-corrected chi connectivity index (χ3v) is 3.19. The van der Waals surface area contributed by atoms with E-state index in [9.17, 15) is 0 Å². The molecule has 0 aliphatic heterocycles. The van der Waals surface area contributed by atoms with Crippen molar-refractivity contribution in [3.8, 4) is 0 Å². The Hall–Kier alpha value is -1.13. The zero-order valence-electron chi connectivity index (χ0n) is 11.3. The molecule has 0 bridgehead atoms. The summed E-state index contributed by atoms with van der Waals surface area (Å²) in [7, 11) is 0. The van der Waals surface area contributed by atoms with E-state index in [1.165, 1.54) is 0 Å². The number of ether oxygens (including phenoxy) is 1. The normalized spacial score (nSPS) is 11.3. The third-order valence-electron chi connectivity index (χ3n) is 3.00. The number of rotatable bonds is 8. The highest BCUT2D eigenvalue weighted by molar-refractivity contribution is 6.17. The average molecular weight is 282 g/mol. The van der Waals surface area contributed by atoms with Gasteiger partial charge in [0.2, 0.25) is 0 Å². The Morgan fingerprint density at radius 3 is 3.05 bits per heavy atom. The van der Waals surface area contributed by atoms with E-state index >= 15 is 0 Å². The average Bonchev–Trinajstić information content (AvgIpc) is 2.77. The van der Waals surface area contributed by atoms with Gasteiger partial charge in [0.25, 0.3) is 0 Å². The Morgan fingerprint density at radius 1 is 1.37 bits per heavy atom. The molecule has 2 rings (SSSR count). The molecule has 0 amide bonds. The van der Waals surface area contributed by atoms with Gasteiger partial charge in [-0.2, -0.15) is 0 Å². The van der Waals surface area contributed by atoms with Gasteiger partial charge in [-0.1, -0.05) is 13.3 Å². The molecule has 5 heteroatoms. The number of pyridine rings is 1. The summed E-state index contributed by atoms with van der Waals surface area (Å²) in [5.74, 6) is 1.56. The molecule has 0 unspecified atom stereocenters. The van der Waals surface area contributed by atoms with Gasteiger partial charge in [-0.3, -0.25) is 0 Å². The monoisotopic (exact) mass is 281 g/mol. The molecule has 4 nitrogen and oxygen atoms in total. The number of unbranched alkanes of at least 4 members (excludes halogenated alkanes) is 1. The van der Waals surface area contributed by atoms with Gasteiger partial charge >= 0.3 is 0 Å². The van der Waals surface area contributed by atoms with Crippen LogP contribution in [-0.2, 0) is 17.7 Å². The highest BCUT2D eigenvalue weighted by atomic mass is 35.5. The SMILES string of the molecule is CCCCOCCn1c(CCCl)nc2cccnc21. The van der Waals surface area contributed by atoms with Crippen molar-refractivity contribution in [3.63, 3.8) is 0 Å². The minimum atomic E-state index is 0.569. The molecule has 0 fully saturated rings. The first-order valence-electron chi connectivity index (χ1n) is 6.80. The number of aromatic nitrogens is 3. The fourth-order valence-corrected chi connectivity index (χ4v) is 2.19. The number of fused-ring (bicyclic) bond motifs is 1. The van der Waals surface area contributed by atoms with Crippen LogP contribution in [0.1, 0.15) is 25.6 Å². The Morgan fingerprint density at radius 2 is 2.26 bits per heavy atom. The Bertz CT molecular complexity index is 512. The van der Waals surface area contributed by atoms with E-state index in [-0.39, 0.29) is 0 Å². The summed E-state index contributed by atoms with van der Waals surface area (Å²) in [4.78, 5) is 8.98. The summed E-state index contributed by atoms with van der Waals surface area (Å²) >= 11 is 5.83. The summed E-state index contributed by atoms with van der Waals surface area (Å²) in [6.07, 6.45) is 4.82. The Labute approximate surface area is 118 Å². The predicted octanol–water partition coefficient (Wildman–Crippen LogP) is 3.03. The number of alkyl halides is 1. The van der Waals surface area contributed by atoms with E-state index < -0.39 is 0 Å². The largest absolute Gasteiger partial charge is 0.380 e. The zero-order valence-corrected chi connectivity index (χ0v) is 12.1. The second-order valence-electron chi connectivity index (χ2n) is 4.43. The van der Waals surface area contributed by atoms with E-state index in [1.807, 2.05) is 12.1 Å². The number of imidazole rings is 1. The maximum Gasteiger partial charge on any atom is 0.160 e. The summed E-state index contributed by atoms with van der Waals surface area (Å²) in [5.41, 5.74) is 1.85. The van der Waals surface area contributed by atoms with Gasteiger partial charge in [0, 0.05) is 31.6 Å². The van der Waals surface area contributed by atoms with Gasteiger partial charge in [-0.25, -0.2) is 9.97 Å². The highest BCUT2D eigenvalue weighted by Crippen LogP contribution is 2.14. The first-order valence-corrected chi connectivity index (χ1v) is 7.34. The second kappa shape index (κ2) is 7.46. The minimum absolute atomic E-state index is 0.569. The first-order chi connectivity index (χ1) is 9.36. The van der Waals surface area contributed by atoms with Crippen LogP contribution >= 0.6 is 11.6 Å². The molecule has 0 aromatic carbocycles. The fraction of sp³-hybridized carbons (Fsp3) is 0.571. The maximum atomic E-state index is 5.83. The van der Waals surface area contributed by atoms with E-state index in [4.69, 9.17) is 16.3 Å². The third kappa shape index (κ3) is 3.67. The lowest BCUT2D eigenvalue weighted by Crippen LogP contribution is -2.11. The van der Waals surface area contributed by atoms with Crippen molar-refractivity contribution in [1.29, 1.82) is 0 Å². The maximum absolute atomic E-state index is 5.83. The van der Waals surface area contributed by atoms with Gasteiger partial charge in [-0.15, -0.1) is 11.6 Å². The molecule has 2 aromatic heterocycles. The highest BCUT2D eigenvalue weighted by Gasteiger charge is 2.10. The topological polar surface area (TPSA) is 39.9 Å². The summed E-state index contributed by atoms with van der Waals surface area (Å²) in [6, 6.07) is 3.89. The quantitative estimate of drug-likeness (QED) is 0.551. The number of halogens is 1. The van der Waals surface area contributed by atoms with Crippen molar-refractivity contribution in [2.45, 2.75) is 32.7 Å². The van der Waals surface area contributed by atoms with Crippen molar-refractivity contribution in [3.05, 3.63) is 24.2 Å². The second-order valence-corrected chi connectivity index (χ2v) is 4.81. The number of nitrogens with zero attached hydrogens (tertiary/aromatic N) is 3. The Kier molecular flexibility index (Phi) is 5.61. The van der Waals surface area contributed by atoms with Crippen LogP contribution in [0.15, 0.2) is 18.3 Å². The molecule has 0 aliphatic rings. The lowest BCUT2D eigenvalue weighted by Gasteiger charge is -2.08. The lowest BCUT2D eigenvalue weighted by atomic mass is 10.4. The van der Waals surface area contributed by atoms with Crippen molar-refractivity contribution in [2.24, 2.45) is 0 Å². The molecule has 0 saturated carbocycles. The van der Waals surface area contributed by atoms with Crippen molar-refractivity contribution in [2.75, 3.05) is 19.1 Å². The summed E-state index contributed by atoms with van der Waals surface area (Å²) < 4.78 is 7.73. The molecule has 0 spiro atoms. The van der Waals surface area contributed by atoms with Gasteiger partial charge < -0.3 is 9.30 Å². The van der Waals surface area contributed by atoms with Crippen LogP contribution in [0.2, 0.25) is 0 Å². The van der Waals surface area contributed by atoms with Crippen LogP contribution in [0.5, 0.6) is 0 Å². The molecule has 0 N–H and O–H groups in total. The molecule has 104 valence electrons. The molecule has 0 aliphatic carbocycles. The standard InChI is InChI=1S/C14H20ClN3O/c1-2-3-10-19-11-9-18-13(6-7-15)17-12-5-4-8-16-14(12)18/h4-5,8H,2-3,6-7,9-11H2,1H3. The van der Waals surface area contributed by atoms with Crippen LogP contribution in [0, 0.1) is 0 Å². The smallest absolute Gasteiger partial charge is 0.160 e. The molecule has 2 aromatic rings. The zero-order chi connectivity index (χ0) is 13.5. The molecular formula is C14H20ClN3O. The Balaban J connectivity index is 2.08. The van der Waals surface area contributed by atoms with Crippen molar-refractivity contribution >= 4 is 22.8 Å². The first kappa shape index (κ1) is 14.3. The van der Waals surface area contributed by atoms with E-state index in [0.29, 0.717) is 12.5 Å². The van der Waals surface area contributed by atoms with E-state index in [2.05, 4.69) is 21.5 Å². The molecular weight excluding hydrogens is 262 g/mol. The van der Waals surface area contributed by atoms with Crippen LogP contribution < -0.4 is 0 Å². The van der Waals surface area contributed by atoms with Crippen LogP contribution in [0.25, 0.3) is 11.2 Å². The fourth-order valence-electron chi connectivity index (χ4n) is 2.02. The molecule has 0 atom stereocenters. The van der Waals surface area contributed by atoms with Crippen molar-refractivity contribution in [1.82, 2.24) is 14.5 Å². The minimum Gasteiger partial charge on any atom is -0.380 e. The lowest BCUT2D eigenvalue weighted by molar-refractivity contribution is 0.123. The number of aryl methyl sites for hydroxylation is 1. The summed E-state index contributed by atoms with van der Waals surface area (Å²) in [5, 5.41) is 0. The molecule has 0 saturated heterocycles. The van der Waals surface area contributed by atoms with E-state index in [0.717, 1.165) is 49.4 Å². The van der Waals surface area contributed by atoms with Gasteiger partial charge in [-0.05, 0) is 18.6 Å². The molecule has 19 heavy (non-hydrogen) atoms. The van der Waals surface area contributed by atoms with Crippen LogP contribution in [-0.4, -0.2) is 33.6 Å². The predicted molar refractivity (Wildman–Crippen MR) is 77.7 cm³/mol. The van der Waals surface area contributed by atoms with Crippen LogP contribution in [0.3, 0.4) is 0 Å². The van der Waals surface area contributed by atoms with Crippen LogP contribution in [0.4, 0.5) is 0 Å². The number of hydrogen-bond acceptors (Lipinski definition) is 3. The molecule has 0 radical (unpaired) electrons. The number of hydrogen-bond donors (Lipinski definition) is 0. The molecule has 2 heterocycles. The van der Waals surface area contributed by atoms with Gasteiger partial charge in [0.1, 0.15) is 11.3 Å². The summed E-state index contributed by atoms with van der Waals surface area (Å²) in [6.45, 7) is 4.46. The van der Waals surface area contributed by atoms with Gasteiger partial charge in [0.05, 0.1) is 6.61 Å². The van der Waals surface area contributed by atoms with Gasteiger partial charge in [0.15, 0.2) is 5.65 Å².